The van der Waals surface area contributed by atoms with E-state index in [4.69, 9.17) is 5.73 Å². The molecule has 2 rings (SSSR count). The van der Waals surface area contributed by atoms with Crippen molar-refractivity contribution in [3.05, 3.63) is 17.8 Å². The molecule has 0 amide bonds. The number of hydrogen-bond donors (Lipinski definition) is 2. The monoisotopic (exact) mass is 252 g/mol. The lowest BCUT2D eigenvalue weighted by Gasteiger charge is -2.43. The smallest absolute Gasteiger partial charge is 0.186 e. The van der Waals surface area contributed by atoms with Crippen molar-refractivity contribution in [2.24, 2.45) is 11.7 Å². The van der Waals surface area contributed by atoms with E-state index < -0.39 is 0 Å². The predicted molar refractivity (Wildman–Crippen MR) is 69.8 cm³/mol. The number of halogens is 1. The number of hydrogen-bond acceptors (Lipinski definition) is 4. The average Bonchev–Trinajstić information content (AvgIpc) is 2.38. The summed E-state index contributed by atoms with van der Waals surface area (Å²) >= 11 is 0. The van der Waals surface area contributed by atoms with Crippen molar-refractivity contribution in [3.63, 3.8) is 0 Å². The highest BCUT2D eigenvalue weighted by atomic mass is 19.1. The zero-order valence-electron chi connectivity index (χ0n) is 11.0. The Balaban J connectivity index is 2.27. The minimum Gasteiger partial charge on any atom is -0.361 e. The second-order valence-electron chi connectivity index (χ2n) is 5.25. The standard InChI is InChI=1S/C13H21FN4/c1-9-5-3-4-6-13(9,7-15)18-12-11(14)10(2)16-8-17-12/h8-9H,3-7,15H2,1-2H3,(H,16,17,18). The average molecular weight is 252 g/mol. The van der Waals surface area contributed by atoms with Crippen LogP contribution in [0.5, 0.6) is 0 Å². The maximum Gasteiger partial charge on any atom is 0.186 e. The summed E-state index contributed by atoms with van der Waals surface area (Å²) in [5, 5.41) is 3.25. The summed E-state index contributed by atoms with van der Waals surface area (Å²) in [5.41, 5.74) is 6.06. The molecule has 0 spiro atoms. The first-order valence-electron chi connectivity index (χ1n) is 6.54. The molecule has 1 aromatic heterocycles. The van der Waals surface area contributed by atoms with Crippen molar-refractivity contribution in [3.8, 4) is 0 Å². The second-order valence-corrected chi connectivity index (χ2v) is 5.25. The molecule has 4 nitrogen and oxygen atoms in total. The van der Waals surface area contributed by atoms with Crippen LogP contribution in [0, 0.1) is 18.7 Å². The molecule has 1 aliphatic carbocycles. The summed E-state index contributed by atoms with van der Waals surface area (Å²) in [5.74, 6) is 0.329. The fraction of sp³-hybridized carbons (Fsp3) is 0.692. The van der Waals surface area contributed by atoms with Crippen LogP contribution in [0.3, 0.4) is 0 Å². The van der Waals surface area contributed by atoms with E-state index in [0.717, 1.165) is 19.3 Å². The number of nitrogens with two attached hydrogens (primary N) is 1. The molecule has 1 aromatic rings. The number of aromatic nitrogens is 2. The molecule has 1 saturated carbocycles. The van der Waals surface area contributed by atoms with Crippen molar-refractivity contribution in [2.75, 3.05) is 11.9 Å². The Morgan fingerprint density at radius 3 is 2.94 bits per heavy atom. The Hall–Kier alpha value is -1.23. The van der Waals surface area contributed by atoms with Crippen LogP contribution in [0.4, 0.5) is 10.2 Å². The molecular weight excluding hydrogens is 231 g/mol. The zero-order chi connectivity index (χ0) is 13.2. The first-order chi connectivity index (χ1) is 8.59. The van der Waals surface area contributed by atoms with Crippen LogP contribution in [-0.2, 0) is 0 Å². The maximum absolute atomic E-state index is 14.0. The largest absolute Gasteiger partial charge is 0.361 e. The zero-order valence-corrected chi connectivity index (χ0v) is 11.0. The molecule has 0 radical (unpaired) electrons. The van der Waals surface area contributed by atoms with E-state index >= 15 is 0 Å². The predicted octanol–water partition coefficient (Wildman–Crippen LogP) is 2.24. The molecule has 1 fully saturated rings. The van der Waals surface area contributed by atoms with Crippen LogP contribution in [0.1, 0.15) is 38.3 Å². The van der Waals surface area contributed by atoms with Gasteiger partial charge >= 0.3 is 0 Å². The number of rotatable bonds is 3. The van der Waals surface area contributed by atoms with Gasteiger partial charge in [-0.25, -0.2) is 14.4 Å². The van der Waals surface area contributed by atoms with E-state index in [0.29, 0.717) is 18.2 Å². The summed E-state index contributed by atoms with van der Waals surface area (Å²) in [6.45, 7) is 4.31. The van der Waals surface area contributed by atoms with Crippen molar-refractivity contribution < 1.29 is 4.39 Å². The Bertz CT molecular complexity index is 423. The second kappa shape index (κ2) is 5.18. The van der Waals surface area contributed by atoms with Crippen LogP contribution in [0.15, 0.2) is 6.33 Å². The summed E-state index contributed by atoms with van der Waals surface area (Å²) in [6.07, 6.45) is 5.82. The first-order valence-corrected chi connectivity index (χ1v) is 6.54. The van der Waals surface area contributed by atoms with E-state index in [1.165, 1.54) is 12.7 Å². The molecule has 18 heavy (non-hydrogen) atoms. The van der Waals surface area contributed by atoms with E-state index in [1.807, 2.05) is 0 Å². The molecule has 0 saturated heterocycles. The van der Waals surface area contributed by atoms with Crippen molar-refractivity contribution in [2.45, 2.75) is 45.1 Å². The van der Waals surface area contributed by atoms with E-state index in [1.54, 1.807) is 6.92 Å². The minimum absolute atomic E-state index is 0.236. The molecule has 100 valence electrons. The summed E-state index contributed by atoms with van der Waals surface area (Å²) in [7, 11) is 0. The molecule has 0 aliphatic heterocycles. The molecular formula is C13H21FN4. The molecule has 0 aromatic carbocycles. The fourth-order valence-electron chi connectivity index (χ4n) is 2.73. The highest BCUT2D eigenvalue weighted by molar-refractivity contribution is 5.41. The fourth-order valence-corrected chi connectivity index (χ4v) is 2.73. The van der Waals surface area contributed by atoms with Crippen molar-refractivity contribution in [1.82, 2.24) is 9.97 Å². The van der Waals surface area contributed by atoms with Crippen molar-refractivity contribution >= 4 is 5.82 Å². The topological polar surface area (TPSA) is 63.8 Å². The van der Waals surface area contributed by atoms with E-state index in [2.05, 4.69) is 22.2 Å². The van der Waals surface area contributed by atoms with Crippen LogP contribution >= 0.6 is 0 Å². The Morgan fingerprint density at radius 2 is 2.28 bits per heavy atom. The van der Waals surface area contributed by atoms with Gasteiger partial charge in [-0.2, -0.15) is 0 Å². The van der Waals surface area contributed by atoms with Gasteiger partial charge in [0.25, 0.3) is 0 Å². The molecule has 3 N–H and O–H groups in total. The minimum atomic E-state index is -0.372. The van der Waals surface area contributed by atoms with Crippen LogP contribution in [-0.4, -0.2) is 22.1 Å². The quantitative estimate of drug-likeness (QED) is 0.866. The Labute approximate surface area is 107 Å². The number of anilines is 1. The van der Waals surface area contributed by atoms with Gasteiger partial charge in [0.1, 0.15) is 6.33 Å². The molecule has 2 unspecified atom stereocenters. The lowest BCUT2D eigenvalue weighted by molar-refractivity contribution is 0.234. The third-order valence-corrected chi connectivity index (χ3v) is 4.15. The maximum atomic E-state index is 14.0. The van der Waals surface area contributed by atoms with Gasteiger partial charge in [0, 0.05) is 6.54 Å². The van der Waals surface area contributed by atoms with Gasteiger partial charge < -0.3 is 11.1 Å². The van der Waals surface area contributed by atoms with E-state index in [9.17, 15) is 4.39 Å². The van der Waals surface area contributed by atoms with Gasteiger partial charge in [-0.3, -0.25) is 0 Å². The molecule has 0 bridgehead atoms. The third kappa shape index (κ3) is 2.32. The Morgan fingerprint density at radius 1 is 1.50 bits per heavy atom. The highest BCUT2D eigenvalue weighted by Gasteiger charge is 2.37. The number of aryl methyl sites for hydroxylation is 1. The molecule has 1 aliphatic rings. The molecule has 2 atom stereocenters. The molecule has 5 heteroatoms. The Kier molecular flexibility index (Phi) is 3.80. The first kappa shape index (κ1) is 13.2. The lowest BCUT2D eigenvalue weighted by Crippen LogP contribution is -2.52. The SMILES string of the molecule is Cc1ncnc(NC2(CN)CCCCC2C)c1F. The van der Waals surface area contributed by atoms with Gasteiger partial charge in [0.15, 0.2) is 11.6 Å². The van der Waals surface area contributed by atoms with Gasteiger partial charge in [0.05, 0.1) is 11.2 Å². The number of nitrogens with zero attached hydrogens (tertiary/aromatic N) is 2. The summed E-state index contributed by atoms with van der Waals surface area (Å²) in [4.78, 5) is 7.85. The van der Waals surface area contributed by atoms with Gasteiger partial charge in [-0.15, -0.1) is 0 Å². The summed E-state index contributed by atoms with van der Waals surface area (Å²) in [6, 6.07) is 0. The van der Waals surface area contributed by atoms with Crippen LogP contribution in [0.2, 0.25) is 0 Å². The lowest BCUT2D eigenvalue weighted by atomic mass is 9.73. The normalized spacial score (nSPS) is 28.1. The number of nitrogens with one attached hydrogen (secondary N) is 1. The van der Waals surface area contributed by atoms with Gasteiger partial charge in [-0.1, -0.05) is 19.8 Å². The summed E-state index contributed by atoms with van der Waals surface area (Å²) < 4.78 is 14.0. The van der Waals surface area contributed by atoms with E-state index in [-0.39, 0.29) is 17.2 Å². The van der Waals surface area contributed by atoms with Gasteiger partial charge in [0.2, 0.25) is 0 Å². The van der Waals surface area contributed by atoms with Crippen molar-refractivity contribution in [1.29, 1.82) is 0 Å². The molecule has 1 heterocycles. The third-order valence-electron chi connectivity index (χ3n) is 4.15. The highest BCUT2D eigenvalue weighted by Crippen LogP contribution is 2.35. The van der Waals surface area contributed by atoms with Gasteiger partial charge in [-0.05, 0) is 25.7 Å². The van der Waals surface area contributed by atoms with Crippen LogP contribution in [0.25, 0.3) is 0 Å². The van der Waals surface area contributed by atoms with Crippen LogP contribution < -0.4 is 11.1 Å².